The van der Waals surface area contributed by atoms with Crippen LogP contribution in [-0.4, -0.2) is 33.7 Å². The number of aliphatic imine (C=N–C) groups is 1. The second-order valence-corrected chi connectivity index (χ2v) is 8.07. The van der Waals surface area contributed by atoms with E-state index in [9.17, 15) is 9.59 Å². The number of benzene rings is 2. The fraction of sp³-hybridized carbons (Fsp3) is 0.286. The van der Waals surface area contributed by atoms with Crippen molar-refractivity contribution in [1.29, 1.82) is 0 Å². The third-order valence-electron chi connectivity index (χ3n) is 4.36. The first kappa shape index (κ1) is 20.4. The monoisotopic (exact) mass is 415 g/mol. The van der Waals surface area contributed by atoms with E-state index in [1.165, 1.54) is 11.8 Å². The lowest BCUT2D eigenvalue weighted by Crippen LogP contribution is -2.34. The minimum atomic E-state index is -0.478. The van der Waals surface area contributed by atoms with Crippen LogP contribution in [0, 0.1) is 6.92 Å². The molecule has 2 aromatic rings. The molecule has 1 heterocycles. The standard InChI is InChI=1S/C21H22ClN3O2S/c1-3-12-25-20(27)18(28-21(25)23-15-8-5-4-6-9-15)13-19(26)24-17-11-7-10-16(22)14(17)2/h4-11,18H,3,12-13H2,1-2H3,(H,24,26)/t18-/m1/s1. The number of nitrogens with zero attached hydrogens (tertiary/aromatic N) is 2. The number of thioether (sulfide) groups is 1. The first-order chi connectivity index (χ1) is 13.5. The first-order valence-electron chi connectivity index (χ1n) is 9.16. The van der Waals surface area contributed by atoms with E-state index < -0.39 is 5.25 Å². The number of amides is 2. The minimum absolute atomic E-state index is 0.0699. The molecular weight excluding hydrogens is 394 g/mol. The van der Waals surface area contributed by atoms with Crippen molar-refractivity contribution in [2.45, 2.75) is 31.9 Å². The van der Waals surface area contributed by atoms with Crippen molar-refractivity contribution < 1.29 is 9.59 Å². The third-order valence-corrected chi connectivity index (χ3v) is 5.95. The number of anilines is 1. The summed E-state index contributed by atoms with van der Waals surface area (Å²) in [6, 6.07) is 14.9. The lowest BCUT2D eigenvalue weighted by Gasteiger charge is -2.15. The molecule has 1 aliphatic heterocycles. The Labute approximate surface area is 174 Å². The summed E-state index contributed by atoms with van der Waals surface area (Å²) >= 11 is 7.46. The normalized spacial score (nSPS) is 18.0. The molecule has 1 saturated heterocycles. The van der Waals surface area contributed by atoms with Crippen molar-refractivity contribution in [1.82, 2.24) is 4.90 Å². The maximum Gasteiger partial charge on any atom is 0.242 e. The average Bonchev–Trinajstić information content (AvgIpc) is 2.95. The van der Waals surface area contributed by atoms with Gasteiger partial charge in [0.1, 0.15) is 5.25 Å². The lowest BCUT2D eigenvalue weighted by molar-refractivity contribution is -0.128. The van der Waals surface area contributed by atoms with Gasteiger partial charge >= 0.3 is 0 Å². The molecule has 0 radical (unpaired) electrons. The summed E-state index contributed by atoms with van der Waals surface area (Å²) in [5, 5.41) is 3.63. The fourth-order valence-electron chi connectivity index (χ4n) is 2.88. The number of hydrogen-bond acceptors (Lipinski definition) is 4. The van der Waals surface area contributed by atoms with Gasteiger partial charge in [-0.1, -0.05) is 54.6 Å². The molecule has 1 aliphatic rings. The zero-order valence-electron chi connectivity index (χ0n) is 15.8. The van der Waals surface area contributed by atoms with Crippen molar-refractivity contribution in [2.24, 2.45) is 4.99 Å². The molecule has 3 rings (SSSR count). The Morgan fingerprint density at radius 3 is 2.68 bits per heavy atom. The van der Waals surface area contributed by atoms with Crippen LogP contribution in [0.5, 0.6) is 0 Å². The van der Waals surface area contributed by atoms with Gasteiger partial charge < -0.3 is 5.32 Å². The second kappa shape index (κ2) is 9.26. The largest absolute Gasteiger partial charge is 0.326 e. The van der Waals surface area contributed by atoms with Crippen LogP contribution in [0.25, 0.3) is 0 Å². The average molecular weight is 416 g/mol. The summed E-state index contributed by atoms with van der Waals surface area (Å²) in [6.07, 6.45) is 0.907. The molecule has 0 spiro atoms. The summed E-state index contributed by atoms with van der Waals surface area (Å²) in [5.41, 5.74) is 2.26. The highest BCUT2D eigenvalue weighted by Gasteiger charge is 2.38. The highest BCUT2D eigenvalue weighted by Crippen LogP contribution is 2.32. The Hall–Kier alpha value is -2.31. The smallest absolute Gasteiger partial charge is 0.242 e. The van der Waals surface area contributed by atoms with Gasteiger partial charge in [-0.3, -0.25) is 14.5 Å². The summed E-state index contributed by atoms with van der Waals surface area (Å²) in [6.45, 7) is 4.45. The van der Waals surface area contributed by atoms with Gasteiger partial charge in [0.05, 0.1) is 5.69 Å². The van der Waals surface area contributed by atoms with E-state index in [2.05, 4.69) is 10.3 Å². The molecule has 1 N–H and O–H groups in total. The van der Waals surface area contributed by atoms with Crippen LogP contribution in [0.1, 0.15) is 25.3 Å². The van der Waals surface area contributed by atoms with E-state index in [-0.39, 0.29) is 18.2 Å². The van der Waals surface area contributed by atoms with Gasteiger partial charge in [0.2, 0.25) is 11.8 Å². The van der Waals surface area contributed by atoms with Gasteiger partial charge in [-0.05, 0) is 43.2 Å². The SMILES string of the molecule is CCCN1C(=O)[C@@H](CC(=O)Nc2cccc(Cl)c2C)SC1=Nc1ccccc1. The molecule has 7 heteroatoms. The third kappa shape index (κ3) is 4.75. The maximum absolute atomic E-state index is 12.8. The molecule has 1 atom stereocenters. The van der Waals surface area contributed by atoms with Gasteiger partial charge in [-0.25, -0.2) is 4.99 Å². The van der Waals surface area contributed by atoms with Crippen molar-refractivity contribution >= 4 is 51.7 Å². The molecule has 28 heavy (non-hydrogen) atoms. The van der Waals surface area contributed by atoms with Gasteiger partial charge in [0.15, 0.2) is 5.17 Å². The molecule has 0 saturated carbocycles. The van der Waals surface area contributed by atoms with Crippen LogP contribution < -0.4 is 5.32 Å². The summed E-state index contributed by atoms with van der Waals surface area (Å²) in [5.74, 6) is -0.284. The Bertz CT molecular complexity index is 902. The second-order valence-electron chi connectivity index (χ2n) is 6.49. The highest BCUT2D eigenvalue weighted by molar-refractivity contribution is 8.15. The number of carbonyl (C=O) groups excluding carboxylic acids is 2. The van der Waals surface area contributed by atoms with E-state index in [1.807, 2.05) is 44.2 Å². The summed E-state index contributed by atoms with van der Waals surface area (Å²) in [4.78, 5) is 31.6. The van der Waals surface area contributed by atoms with Gasteiger partial charge in [-0.15, -0.1) is 0 Å². The Kier molecular flexibility index (Phi) is 6.75. The molecule has 0 aliphatic carbocycles. The number of carbonyl (C=O) groups is 2. The molecule has 146 valence electrons. The molecule has 0 bridgehead atoms. The van der Waals surface area contributed by atoms with Crippen molar-refractivity contribution in [3.63, 3.8) is 0 Å². The number of para-hydroxylation sites is 1. The predicted octanol–water partition coefficient (Wildman–Crippen LogP) is 5.02. The summed E-state index contributed by atoms with van der Waals surface area (Å²) in [7, 11) is 0. The summed E-state index contributed by atoms with van der Waals surface area (Å²) < 4.78 is 0. The lowest BCUT2D eigenvalue weighted by atomic mass is 10.2. The van der Waals surface area contributed by atoms with E-state index in [0.717, 1.165) is 17.7 Å². The predicted molar refractivity (Wildman–Crippen MR) is 116 cm³/mol. The van der Waals surface area contributed by atoms with E-state index in [4.69, 9.17) is 11.6 Å². The van der Waals surface area contributed by atoms with Crippen LogP contribution in [0.3, 0.4) is 0 Å². The van der Waals surface area contributed by atoms with Crippen LogP contribution in [0.4, 0.5) is 11.4 Å². The van der Waals surface area contributed by atoms with Crippen LogP contribution in [-0.2, 0) is 9.59 Å². The maximum atomic E-state index is 12.8. The number of amidine groups is 1. The topological polar surface area (TPSA) is 61.8 Å². The minimum Gasteiger partial charge on any atom is -0.326 e. The molecule has 5 nitrogen and oxygen atoms in total. The Morgan fingerprint density at radius 1 is 1.21 bits per heavy atom. The zero-order chi connectivity index (χ0) is 20.1. The number of nitrogens with one attached hydrogen (secondary N) is 1. The molecule has 0 aromatic heterocycles. The van der Waals surface area contributed by atoms with Crippen LogP contribution >= 0.6 is 23.4 Å². The van der Waals surface area contributed by atoms with Crippen LogP contribution in [0.2, 0.25) is 5.02 Å². The fourth-order valence-corrected chi connectivity index (χ4v) is 4.24. The van der Waals surface area contributed by atoms with Crippen molar-refractivity contribution in [2.75, 3.05) is 11.9 Å². The highest BCUT2D eigenvalue weighted by atomic mass is 35.5. The van der Waals surface area contributed by atoms with E-state index >= 15 is 0 Å². The van der Waals surface area contributed by atoms with Gasteiger partial charge in [-0.2, -0.15) is 0 Å². The van der Waals surface area contributed by atoms with Gasteiger partial charge in [0.25, 0.3) is 0 Å². The van der Waals surface area contributed by atoms with Gasteiger partial charge in [0, 0.05) is 23.7 Å². The Morgan fingerprint density at radius 2 is 1.96 bits per heavy atom. The Balaban J connectivity index is 1.73. The molecule has 1 fully saturated rings. The molecule has 2 amide bonds. The van der Waals surface area contributed by atoms with Crippen LogP contribution in [0.15, 0.2) is 53.5 Å². The number of halogens is 1. The molecular formula is C21H22ClN3O2S. The first-order valence-corrected chi connectivity index (χ1v) is 10.4. The van der Waals surface area contributed by atoms with E-state index in [1.54, 1.807) is 23.1 Å². The molecule has 0 unspecified atom stereocenters. The molecule has 2 aromatic carbocycles. The van der Waals surface area contributed by atoms with Crippen molar-refractivity contribution in [3.8, 4) is 0 Å². The van der Waals surface area contributed by atoms with Crippen molar-refractivity contribution in [3.05, 3.63) is 59.1 Å². The quantitative estimate of drug-likeness (QED) is 0.720. The van der Waals surface area contributed by atoms with E-state index in [0.29, 0.717) is 22.4 Å². The number of hydrogen-bond donors (Lipinski definition) is 1. The zero-order valence-corrected chi connectivity index (χ0v) is 17.4. The number of rotatable bonds is 6.